The van der Waals surface area contributed by atoms with E-state index in [0.29, 0.717) is 30.3 Å². The fourth-order valence-corrected chi connectivity index (χ4v) is 3.41. The molecule has 1 unspecified atom stereocenters. The number of carbonyl (C=O) groups excluding carboxylic acids is 2. The Bertz CT molecular complexity index is 850. The summed E-state index contributed by atoms with van der Waals surface area (Å²) >= 11 is 0. The van der Waals surface area contributed by atoms with Crippen molar-refractivity contribution in [3.63, 3.8) is 0 Å². The van der Waals surface area contributed by atoms with Gasteiger partial charge in [0.15, 0.2) is 11.5 Å². The molecule has 0 spiro atoms. The van der Waals surface area contributed by atoms with Gasteiger partial charge in [-0.25, -0.2) is 0 Å². The number of nitrogens with one attached hydrogen (secondary N) is 2. The molecule has 1 aliphatic carbocycles. The topological polar surface area (TPSA) is 76.7 Å². The zero-order chi connectivity index (χ0) is 19.9. The Balaban J connectivity index is 1.56. The summed E-state index contributed by atoms with van der Waals surface area (Å²) in [6, 6.07) is 13.1. The standard InChI is InChI=1S/C22H26N2O4/c1-3-27-19-12-10-16(13-20(19)28-4-2)22(26)23-14-21(25)24-18-11-9-15-7-5-6-8-17(15)18/h5-8,10,12-13,18H,3-4,9,11,14H2,1-2H3,(H,23,26)(H,24,25). The molecule has 2 aromatic rings. The molecule has 1 aliphatic rings. The highest BCUT2D eigenvalue weighted by molar-refractivity contribution is 5.97. The maximum Gasteiger partial charge on any atom is 0.251 e. The van der Waals surface area contributed by atoms with E-state index in [2.05, 4.69) is 16.7 Å². The number of carbonyl (C=O) groups is 2. The molecule has 2 N–H and O–H groups in total. The van der Waals surface area contributed by atoms with Crippen LogP contribution in [0.1, 0.15) is 47.8 Å². The van der Waals surface area contributed by atoms with Crippen molar-refractivity contribution in [2.75, 3.05) is 19.8 Å². The summed E-state index contributed by atoms with van der Waals surface area (Å²) in [7, 11) is 0. The molecule has 6 nitrogen and oxygen atoms in total. The minimum Gasteiger partial charge on any atom is -0.490 e. The van der Waals surface area contributed by atoms with Gasteiger partial charge in [-0.2, -0.15) is 0 Å². The Hall–Kier alpha value is -3.02. The molecule has 0 radical (unpaired) electrons. The van der Waals surface area contributed by atoms with Gasteiger partial charge in [0.1, 0.15) is 0 Å². The molecule has 0 fully saturated rings. The van der Waals surface area contributed by atoms with Gasteiger partial charge < -0.3 is 20.1 Å². The number of hydrogen-bond donors (Lipinski definition) is 2. The van der Waals surface area contributed by atoms with Gasteiger partial charge >= 0.3 is 0 Å². The van der Waals surface area contributed by atoms with Crippen LogP contribution in [0.5, 0.6) is 11.5 Å². The molecule has 2 aromatic carbocycles. The largest absolute Gasteiger partial charge is 0.490 e. The molecular formula is C22H26N2O4. The van der Waals surface area contributed by atoms with Crippen LogP contribution in [0.25, 0.3) is 0 Å². The molecule has 0 bridgehead atoms. The number of rotatable bonds is 8. The van der Waals surface area contributed by atoms with Crippen LogP contribution >= 0.6 is 0 Å². The van der Waals surface area contributed by atoms with Gasteiger partial charge in [-0.15, -0.1) is 0 Å². The lowest BCUT2D eigenvalue weighted by atomic mass is 10.1. The molecule has 0 aromatic heterocycles. The van der Waals surface area contributed by atoms with Crippen LogP contribution in [0.4, 0.5) is 0 Å². The first kappa shape index (κ1) is 19.7. The van der Waals surface area contributed by atoms with E-state index in [0.717, 1.165) is 18.4 Å². The summed E-state index contributed by atoms with van der Waals surface area (Å²) < 4.78 is 11.0. The fraction of sp³-hybridized carbons (Fsp3) is 0.364. The van der Waals surface area contributed by atoms with Crippen molar-refractivity contribution in [2.45, 2.75) is 32.7 Å². The van der Waals surface area contributed by atoms with Crippen molar-refractivity contribution in [1.82, 2.24) is 10.6 Å². The molecule has 3 rings (SSSR count). The van der Waals surface area contributed by atoms with Crippen molar-refractivity contribution >= 4 is 11.8 Å². The Morgan fingerprint density at radius 1 is 1.04 bits per heavy atom. The predicted octanol–water partition coefficient (Wildman–Crippen LogP) is 3.02. The highest BCUT2D eigenvalue weighted by Gasteiger charge is 2.23. The zero-order valence-corrected chi connectivity index (χ0v) is 16.3. The molecule has 0 saturated carbocycles. The Kier molecular flexibility index (Phi) is 6.53. The van der Waals surface area contributed by atoms with Crippen LogP contribution < -0.4 is 20.1 Å². The lowest BCUT2D eigenvalue weighted by Crippen LogP contribution is -2.38. The second-order valence-electron chi connectivity index (χ2n) is 6.57. The minimum absolute atomic E-state index is 0.00985. The summed E-state index contributed by atoms with van der Waals surface area (Å²) in [6.45, 7) is 4.66. The molecule has 6 heteroatoms. The Labute approximate surface area is 165 Å². The van der Waals surface area contributed by atoms with Crippen molar-refractivity contribution in [3.8, 4) is 11.5 Å². The van der Waals surface area contributed by atoms with Crippen LogP contribution in [0.15, 0.2) is 42.5 Å². The maximum atomic E-state index is 12.4. The van der Waals surface area contributed by atoms with Gasteiger partial charge in [0, 0.05) is 5.56 Å². The van der Waals surface area contributed by atoms with E-state index >= 15 is 0 Å². The second kappa shape index (κ2) is 9.26. The second-order valence-corrected chi connectivity index (χ2v) is 6.57. The molecule has 0 heterocycles. The third kappa shape index (κ3) is 4.63. The molecule has 1 atom stereocenters. The van der Waals surface area contributed by atoms with Crippen LogP contribution in [-0.4, -0.2) is 31.6 Å². The fourth-order valence-electron chi connectivity index (χ4n) is 3.41. The van der Waals surface area contributed by atoms with E-state index < -0.39 is 0 Å². The average Bonchev–Trinajstić information content (AvgIpc) is 3.11. The number of benzene rings is 2. The molecular weight excluding hydrogens is 356 g/mol. The number of aryl methyl sites for hydroxylation is 1. The van der Waals surface area contributed by atoms with E-state index in [-0.39, 0.29) is 24.4 Å². The monoisotopic (exact) mass is 382 g/mol. The molecule has 0 aliphatic heterocycles. The van der Waals surface area contributed by atoms with Gasteiger partial charge in [-0.3, -0.25) is 9.59 Å². The van der Waals surface area contributed by atoms with Gasteiger partial charge in [-0.1, -0.05) is 24.3 Å². The van der Waals surface area contributed by atoms with Crippen molar-refractivity contribution in [2.24, 2.45) is 0 Å². The number of fused-ring (bicyclic) bond motifs is 1. The van der Waals surface area contributed by atoms with Crippen molar-refractivity contribution in [3.05, 3.63) is 59.2 Å². The normalized spacial score (nSPS) is 14.9. The first-order valence-corrected chi connectivity index (χ1v) is 9.67. The average molecular weight is 382 g/mol. The van der Waals surface area contributed by atoms with E-state index in [4.69, 9.17) is 9.47 Å². The Morgan fingerprint density at radius 2 is 1.79 bits per heavy atom. The first-order valence-electron chi connectivity index (χ1n) is 9.67. The van der Waals surface area contributed by atoms with Crippen molar-refractivity contribution < 1.29 is 19.1 Å². The third-order valence-electron chi connectivity index (χ3n) is 4.68. The minimum atomic E-state index is -0.328. The van der Waals surface area contributed by atoms with E-state index in [1.165, 1.54) is 5.56 Å². The molecule has 148 valence electrons. The lowest BCUT2D eigenvalue weighted by Gasteiger charge is -2.15. The highest BCUT2D eigenvalue weighted by Crippen LogP contribution is 2.30. The molecule has 0 saturated heterocycles. The quantitative estimate of drug-likeness (QED) is 0.736. The molecule has 28 heavy (non-hydrogen) atoms. The van der Waals surface area contributed by atoms with Gasteiger partial charge in [0.25, 0.3) is 5.91 Å². The summed E-state index contributed by atoms with van der Waals surface area (Å²) in [5.41, 5.74) is 2.86. The number of hydrogen-bond acceptors (Lipinski definition) is 4. The van der Waals surface area contributed by atoms with E-state index in [1.54, 1.807) is 18.2 Å². The van der Waals surface area contributed by atoms with Gasteiger partial charge in [0.2, 0.25) is 5.91 Å². The zero-order valence-electron chi connectivity index (χ0n) is 16.3. The maximum absolute atomic E-state index is 12.4. The smallest absolute Gasteiger partial charge is 0.251 e. The molecule has 2 amide bonds. The lowest BCUT2D eigenvalue weighted by molar-refractivity contribution is -0.120. The first-order chi connectivity index (χ1) is 13.6. The van der Waals surface area contributed by atoms with E-state index in [1.807, 2.05) is 32.0 Å². The summed E-state index contributed by atoms with van der Waals surface area (Å²) in [4.78, 5) is 24.7. The highest BCUT2D eigenvalue weighted by atomic mass is 16.5. The van der Waals surface area contributed by atoms with Crippen molar-refractivity contribution in [1.29, 1.82) is 0 Å². The number of amides is 2. The summed E-state index contributed by atoms with van der Waals surface area (Å²) in [6.07, 6.45) is 1.84. The van der Waals surface area contributed by atoms with Crippen LogP contribution in [-0.2, 0) is 11.2 Å². The van der Waals surface area contributed by atoms with E-state index in [9.17, 15) is 9.59 Å². The summed E-state index contributed by atoms with van der Waals surface area (Å²) in [5, 5.41) is 5.67. The predicted molar refractivity (Wildman–Crippen MR) is 107 cm³/mol. The Morgan fingerprint density at radius 3 is 2.57 bits per heavy atom. The SMILES string of the molecule is CCOc1ccc(C(=O)NCC(=O)NC2CCc3ccccc32)cc1OCC. The van der Waals surface area contributed by atoms with Gasteiger partial charge in [-0.05, 0) is 56.0 Å². The third-order valence-corrected chi connectivity index (χ3v) is 4.68. The van der Waals surface area contributed by atoms with Crippen LogP contribution in [0.3, 0.4) is 0 Å². The van der Waals surface area contributed by atoms with Crippen LogP contribution in [0.2, 0.25) is 0 Å². The van der Waals surface area contributed by atoms with Crippen LogP contribution in [0, 0.1) is 0 Å². The summed E-state index contributed by atoms with van der Waals surface area (Å²) in [5.74, 6) is 0.583. The van der Waals surface area contributed by atoms with Gasteiger partial charge in [0.05, 0.1) is 25.8 Å². The number of ether oxygens (including phenoxy) is 2.